The van der Waals surface area contributed by atoms with Crippen LogP contribution in [-0.4, -0.2) is 17.3 Å². The quantitative estimate of drug-likeness (QED) is 0.867. The van der Waals surface area contributed by atoms with E-state index in [1.807, 2.05) is 6.92 Å². The van der Waals surface area contributed by atoms with E-state index in [-0.39, 0.29) is 6.10 Å². The van der Waals surface area contributed by atoms with Gasteiger partial charge in [-0.1, -0.05) is 24.6 Å². The van der Waals surface area contributed by atoms with Crippen LogP contribution in [0.25, 0.3) is 0 Å². The molecule has 0 amide bonds. The molecule has 0 saturated carbocycles. The van der Waals surface area contributed by atoms with Crippen LogP contribution < -0.4 is 4.74 Å². The zero-order valence-electron chi connectivity index (χ0n) is 10.9. The Hall–Kier alpha value is -1.02. The molecule has 2 nitrogen and oxygen atoms in total. The van der Waals surface area contributed by atoms with E-state index in [4.69, 9.17) is 4.74 Å². The van der Waals surface area contributed by atoms with E-state index in [2.05, 4.69) is 32.0 Å². The standard InChI is InChI=1S/C15H22O2/c1-10-4-5-15-13(7-10)9-14(17-15)8-11(2)6-12(3)16/h4-5,7,11-12,14,16H,6,8-9H2,1-3H3. The fourth-order valence-corrected chi connectivity index (χ4v) is 2.71. The van der Waals surface area contributed by atoms with Gasteiger partial charge in [0.15, 0.2) is 0 Å². The van der Waals surface area contributed by atoms with Crippen molar-refractivity contribution in [1.82, 2.24) is 0 Å². The molecule has 0 radical (unpaired) electrons. The first-order valence-corrected chi connectivity index (χ1v) is 6.49. The van der Waals surface area contributed by atoms with Gasteiger partial charge >= 0.3 is 0 Å². The summed E-state index contributed by atoms with van der Waals surface area (Å²) < 4.78 is 5.93. The summed E-state index contributed by atoms with van der Waals surface area (Å²) in [6.45, 7) is 6.15. The Kier molecular flexibility index (Phi) is 3.72. The van der Waals surface area contributed by atoms with E-state index in [1.54, 1.807) is 0 Å². The van der Waals surface area contributed by atoms with E-state index in [0.717, 1.165) is 25.0 Å². The van der Waals surface area contributed by atoms with Crippen molar-refractivity contribution in [2.75, 3.05) is 0 Å². The van der Waals surface area contributed by atoms with Gasteiger partial charge in [0, 0.05) is 6.42 Å². The largest absolute Gasteiger partial charge is 0.490 e. The Balaban J connectivity index is 1.92. The Morgan fingerprint density at radius 3 is 2.88 bits per heavy atom. The maximum atomic E-state index is 9.37. The van der Waals surface area contributed by atoms with Crippen LogP contribution in [-0.2, 0) is 6.42 Å². The molecule has 1 aliphatic heterocycles. The number of aryl methyl sites for hydroxylation is 1. The number of aliphatic hydroxyl groups is 1. The zero-order chi connectivity index (χ0) is 12.4. The second-order valence-corrected chi connectivity index (χ2v) is 5.48. The maximum absolute atomic E-state index is 9.37. The molecule has 1 N–H and O–H groups in total. The van der Waals surface area contributed by atoms with Gasteiger partial charge in [-0.05, 0) is 44.2 Å². The monoisotopic (exact) mass is 234 g/mol. The number of fused-ring (bicyclic) bond motifs is 1. The summed E-state index contributed by atoms with van der Waals surface area (Å²) in [5.74, 6) is 1.56. The number of benzene rings is 1. The van der Waals surface area contributed by atoms with Crippen molar-refractivity contribution >= 4 is 0 Å². The lowest BCUT2D eigenvalue weighted by molar-refractivity contribution is 0.138. The van der Waals surface area contributed by atoms with Crippen molar-refractivity contribution in [3.8, 4) is 5.75 Å². The first-order valence-electron chi connectivity index (χ1n) is 6.49. The van der Waals surface area contributed by atoms with Gasteiger partial charge in [-0.15, -0.1) is 0 Å². The third-order valence-corrected chi connectivity index (χ3v) is 3.37. The highest BCUT2D eigenvalue weighted by atomic mass is 16.5. The smallest absolute Gasteiger partial charge is 0.123 e. The predicted octanol–water partition coefficient (Wildman–Crippen LogP) is 3.10. The maximum Gasteiger partial charge on any atom is 0.123 e. The van der Waals surface area contributed by atoms with Crippen LogP contribution in [0.15, 0.2) is 18.2 Å². The molecule has 2 heteroatoms. The minimum absolute atomic E-state index is 0.212. The number of ether oxygens (including phenoxy) is 1. The minimum Gasteiger partial charge on any atom is -0.490 e. The molecule has 0 saturated heterocycles. The van der Waals surface area contributed by atoms with Crippen molar-refractivity contribution in [1.29, 1.82) is 0 Å². The van der Waals surface area contributed by atoms with Gasteiger partial charge in [0.25, 0.3) is 0 Å². The molecule has 94 valence electrons. The normalized spacial score (nSPS) is 21.8. The van der Waals surface area contributed by atoms with Gasteiger partial charge in [-0.2, -0.15) is 0 Å². The van der Waals surface area contributed by atoms with Crippen LogP contribution in [0, 0.1) is 12.8 Å². The highest BCUT2D eigenvalue weighted by Gasteiger charge is 2.24. The number of hydrogen-bond acceptors (Lipinski definition) is 2. The van der Waals surface area contributed by atoms with Gasteiger partial charge < -0.3 is 9.84 Å². The number of rotatable bonds is 4. The second-order valence-electron chi connectivity index (χ2n) is 5.48. The van der Waals surface area contributed by atoms with Crippen molar-refractivity contribution in [3.63, 3.8) is 0 Å². The van der Waals surface area contributed by atoms with Gasteiger partial charge in [-0.3, -0.25) is 0 Å². The molecule has 3 unspecified atom stereocenters. The lowest BCUT2D eigenvalue weighted by Crippen LogP contribution is -2.19. The molecule has 0 fully saturated rings. The van der Waals surface area contributed by atoms with E-state index in [1.165, 1.54) is 11.1 Å². The summed E-state index contributed by atoms with van der Waals surface area (Å²) >= 11 is 0. The first-order chi connectivity index (χ1) is 8.04. The Bertz CT molecular complexity index is 385. The fraction of sp³-hybridized carbons (Fsp3) is 0.600. The van der Waals surface area contributed by atoms with Crippen molar-refractivity contribution < 1.29 is 9.84 Å². The van der Waals surface area contributed by atoms with E-state index in [0.29, 0.717) is 12.0 Å². The Labute approximate surface area is 104 Å². The topological polar surface area (TPSA) is 29.5 Å². The van der Waals surface area contributed by atoms with Gasteiger partial charge in [-0.25, -0.2) is 0 Å². The summed E-state index contributed by atoms with van der Waals surface area (Å²) in [6, 6.07) is 6.39. The molecule has 1 heterocycles. The van der Waals surface area contributed by atoms with Crippen LogP contribution in [0.5, 0.6) is 5.75 Å². The van der Waals surface area contributed by atoms with E-state index < -0.39 is 0 Å². The van der Waals surface area contributed by atoms with Crippen LogP contribution in [0.4, 0.5) is 0 Å². The van der Waals surface area contributed by atoms with Crippen molar-refractivity contribution in [3.05, 3.63) is 29.3 Å². The molecular weight excluding hydrogens is 212 g/mol. The lowest BCUT2D eigenvalue weighted by Gasteiger charge is -2.17. The van der Waals surface area contributed by atoms with Gasteiger partial charge in [0.1, 0.15) is 11.9 Å². The Morgan fingerprint density at radius 1 is 1.41 bits per heavy atom. The van der Waals surface area contributed by atoms with Crippen LogP contribution in [0.1, 0.15) is 37.8 Å². The average molecular weight is 234 g/mol. The summed E-state index contributed by atoms with van der Waals surface area (Å²) in [5.41, 5.74) is 2.63. The molecule has 0 bridgehead atoms. The van der Waals surface area contributed by atoms with Crippen LogP contribution in [0.3, 0.4) is 0 Å². The van der Waals surface area contributed by atoms with Crippen molar-refractivity contribution in [2.24, 2.45) is 5.92 Å². The Morgan fingerprint density at radius 2 is 2.18 bits per heavy atom. The zero-order valence-corrected chi connectivity index (χ0v) is 10.9. The van der Waals surface area contributed by atoms with E-state index >= 15 is 0 Å². The lowest BCUT2D eigenvalue weighted by atomic mass is 9.95. The molecule has 0 aromatic heterocycles. The summed E-state index contributed by atoms with van der Waals surface area (Å²) in [7, 11) is 0. The highest BCUT2D eigenvalue weighted by molar-refractivity contribution is 5.40. The average Bonchev–Trinajstić information content (AvgIpc) is 2.57. The third-order valence-electron chi connectivity index (χ3n) is 3.37. The highest BCUT2D eigenvalue weighted by Crippen LogP contribution is 2.32. The third kappa shape index (κ3) is 3.22. The molecule has 0 spiro atoms. The summed E-state index contributed by atoms with van der Waals surface area (Å²) in [6.07, 6.45) is 2.98. The second kappa shape index (κ2) is 5.09. The van der Waals surface area contributed by atoms with Crippen molar-refractivity contribution in [2.45, 2.75) is 52.2 Å². The summed E-state index contributed by atoms with van der Waals surface area (Å²) in [5, 5.41) is 9.37. The molecule has 1 aromatic carbocycles. The predicted molar refractivity (Wildman–Crippen MR) is 69.4 cm³/mol. The summed E-state index contributed by atoms with van der Waals surface area (Å²) in [4.78, 5) is 0. The molecule has 0 aliphatic carbocycles. The van der Waals surface area contributed by atoms with Crippen LogP contribution in [0.2, 0.25) is 0 Å². The minimum atomic E-state index is -0.212. The SMILES string of the molecule is Cc1ccc2c(c1)CC(CC(C)CC(C)O)O2. The van der Waals surface area contributed by atoms with Gasteiger partial charge in [0.05, 0.1) is 6.10 Å². The molecule has 1 aromatic rings. The first kappa shape index (κ1) is 12.4. The van der Waals surface area contributed by atoms with Gasteiger partial charge in [0.2, 0.25) is 0 Å². The fourth-order valence-electron chi connectivity index (χ4n) is 2.71. The number of aliphatic hydroxyl groups excluding tert-OH is 1. The molecule has 2 rings (SSSR count). The number of hydrogen-bond donors (Lipinski definition) is 1. The molecule has 3 atom stereocenters. The van der Waals surface area contributed by atoms with Crippen LogP contribution >= 0.6 is 0 Å². The molecule has 17 heavy (non-hydrogen) atoms. The molecular formula is C15H22O2. The molecule has 1 aliphatic rings. The van der Waals surface area contributed by atoms with E-state index in [9.17, 15) is 5.11 Å².